The number of alkyl halides is 1. The third kappa shape index (κ3) is 1.81. The summed E-state index contributed by atoms with van der Waals surface area (Å²) in [5.41, 5.74) is 2.24. The Morgan fingerprint density at radius 1 is 1.23 bits per heavy atom. The number of aryl methyl sites for hydroxylation is 1. The highest BCUT2D eigenvalue weighted by molar-refractivity contribution is 6.18. The van der Waals surface area contributed by atoms with Gasteiger partial charge in [-0.05, 0) is 24.1 Å². The molecule has 2 rings (SSSR count). The van der Waals surface area contributed by atoms with Crippen LogP contribution in [-0.2, 0) is 6.42 Å². The average Bonchev–Trinajstić information content (AvgIpc) is 2.18. The normalized spacial score (nSPS) is 10.5. The summed E-state index contributed by atoms with van der Waals surface area (Å²) in [5, 5.41) is 1.19. The topological polar surface area (TPSA) is 12.9 Å². The van der Waals surface area contributed by atoms with Crippen molar-refractivity contribution in [1.82, 2.24) is 4.98 Å². The molecule has 0 bridgehead atoms. The first kappa shape index (κ1) is 8.52. The van der Waals surface area contributed by atoms with Crippen LogP contribution >= 0.6 is 11.6 Å². The van der Waals surface area contributed by atoms with E-state index in [0.29, 0.717) is 5.88 Å². The largest absolute Gasteiger partial charge is 0.256 e. The van der Waals surface area contributed by atoms with Gasteiger partial charge < -0.3 is 0 Å². The molecule has 2 heteroatoms. The van der Waals surface area contributed by atoms with Crippen LogP contribution in [0.25, 0.3) is 10.9 Å². The minimum atomic E-state index is 0.653. The first-order valence-electron chi connectivity index (χ1n) is 4.30. The number of rotatable bonds is 2. The van der Waals surface area contributed by atoms with Gasteiger partial charge >= 0.3 is 0 Å². The van der Waals surface area contributed by atoms with E-state index in [-0.39, 0.29) is 0 Å². The molecule has 0 radical (unpaired) electrons. The van der Waals surface area contributed by atoms with Gasteiger partial charge in [0.2, 0.25) is 0 Å². The van der Waals surface area contributed by atoms with Crippen LogP contribution in [0.1, 0.15) is 5.56 Å². The van der Waals surface area contributed by atoms with E-state index >= 15 is 0 Å². The van der Waals surface area contributed by atoms with Crippen LogP contribution in [-0.4, -0.2) is 10.9 Å². The summed E-state index contributed by atoms with van der Waals surface area (Å²) >= 11 is 5.66. The van der Waals surface area contributed by atoms with Crippen molar-refractivity contribution < 1.29 is 0 Å². The van der Waals surface area contributed by atoms with Gasteiger partial charge in [0.25, 0.3) is 0 Å². The summed E-state index contributed by atoms with van der Waals surface area (Å²) in [6.45, 7) is 0. The van der Waals surface area contributed by atoms with Crippen molar-refractivity contribution in [3.05, 3.63) is 42.1 Å². The van der Waals surface area contributed by atoms with Crippen LogP contribution < -0.4 is 0 Å². The van der Waals surface area contributed by atoms with Crippen molar-refractivity contribution in [3.63, 3.8) is 0 Å². The maximum Gasteiger partial charge on any atom is 0.0702 e. The van der Waals surface area contributed by atoms with E-state index in [1.54, 1.807) is 0 Å². The van der Waals surface area contributed by atoms with Crippen molar-refractivity contribution in [2.75, 3.05) is 5.88 Å². The SMILES string of the molecule is ClCCc1cnc2ccccc2c1. The molecule has 0 spiro atoms. The number of hydrogen-bond acceptors (Lipinski definition) is 1. The van der Waals surface area contributed by atoms with Crippen molar-refractivity contribution >= 4 is 22.5 Å². The van der Waals surface area contributed by atoms with Crippen molar-refractivity contribution in [2.45, 2.75) is 6.42 Å². The Bertz CT molecular complexity index is 412. The van der Waals surface area contributed by atoms with Crippen molar-refractivity contribution in [2.24, 2.45) is 0 Å². The molecule has 0 atom stereocenters. The monoisotopic (exact) mass is 191 g/mol. The van der Waals surface area contributed by atoms with Crippen molar-refractivity contribution in [1.29, 1.82) is 0 Å². The number of aromatic nitrogens is 1. The fourth-order valence-corrected chi connectivity index (χ4v) is 1.58. The second-order valence-electron chi connectivity index (χ2n) is 2.98. The minimum Gasteiger partial charge on any atom is -0.256 e. The van der Waals surface area contributed by atoms with Crippen molar-refractivity contribution in [3.8, 4) is 0 Å². The zero-order valence-electron chi connectivity index (χ0n) is 7.20. The molecule has 0 N–H and O–H groups in total. The smallest absolute Gasteiger partial charge is 0.0702 e. The molecule has 13 heavy (non-hydrogen) atoms. The first-order chi connectivity index (χ1) is 6.40. The Kier molecular flexibility index (Phi) is 2.46. The first-order valence-corrected chi connectivity index (χ1v) is 4.83. The zero-order valence-corrected chi connectivity index (χ0v) is 7.96. The summed E-state index contributed by atoms with van der Waals surface area (Å²) in [6, 6.07) is 10.2. The number of halogens is 1. The molecule has 0 unspecified atom stereocenters. The number of fused-ring (bicyclic) bond motifs is 1. The summed E-state index contributed by atoms with van der Waals surface area (Å²) in [5.74, 6) is 0.653. The lowest BCUT2D eigenvalue weighted by molar-refractivity contribution is 1.13. The third-order valence-electron chi connectivity index (χ3n) is 2.03. The van der Waals surface area contributed by atoms with Crippen LogP contribution in [0, 0.1) is 0 Å². The molecule has 1 heterocycles. The lowest BCUT2D eigenvalue weighted by Gasteiger charge is -1.99. The standard InChI is InChI=1S/C11H10ClN/c12-6-5-9-7-10-3-1-2-4-11(10)13-8-9/h1-4,7-8H,5-6H2. The molecule has 0 aliphatic carbocycles. The molecule has 1 nitrogen and oxygen atoms in total. The van der Waals surface area contributed by atoms with E-state index in [1.807, 2.05) is 24.4 Å². The minimum absolute atomic E-state index is 0.653. The summed E-state index contributed by atoms with van der Waals surface area (Å²) in [7, 11) is 0. The van der Waals surface area contributed by atoms with Crippen LogP contribution in [0.5, 0.6) is 0 Å². The van der Waals surface area contributed by atoms with Gasteiger partial charge in [-0.15, -0.1) is 11.6 Å². The number of nitrogens with zero attached hydrogens (tertiary/aromatic N) is 1. The second-order valence-corrected chi connectivity index (χ2v) is 3.35. The number of para-hydroxylation sites is 1. The predicted octanol–water partition coefficient (Wildman–Crippen LogP) is 3.02. The van der Waals surface area contributed by atoms with Gasteiger partial charge in [0, 0.05) is 17.5 Å². The van der Waals surface area contributed by atoms with Crippen LogP contribution in [0.15, 0.2) is 36.5 Å². The quantitative estimate of drug-likeness (QED) is 0.665. The summed E-state index contributed by atoms with van der Waals surface area (Å²) < 4.78 is 0. The van der Waals surface area contributed by atoms with E-state index in [9.17, 15) is 0 Å². The maximum absolute atomic E-state index is 5.66. The number of hydrogen-bond donors (Lipinski definition) is 0. The molecule has 0 saturated carbocycles. The molecular formula is C11H10ClN. The molecule has 0 aliphatic heterocycles. The lowest BCUT2D eigenvalue weighted by atomic mass is 10.1. The molecule has 0 aliphatic rings. The van der Waals surface area contributed by atoms with E-state index in [4.69, 9.17) is 11.6 Å². The van der Waals surface area contributed by atoms with Crippen LogP contribution in [0.4, 0.5) is 0 Å². The van der Waals surface area contributed by atoms with Gasteiger partial charge in [-0.25, -0.2) is 0 Å². The fraction of sp³-hybridized carbons (Fsp3) is 0.182. The summed E-state index contributed by atoms with van der Waals surface area (Å²) in [6.07, 6.45) is 2.78. The zero-order chi connectivity index (χ0) is 9.10. The van der Waals surface area contributed by atoms with E-state index < -0.39 is 0 Å². The highest BCUT2D eigenvalue weighted by atomic mass is 35.5. The molecule has 66 valence electrons. The molecule has 1 aromatic carbocycles. The Morgan fingerprint density at radius 2 is 2.08 bits per heavy atom. The summed E-state index contributed by atoms with van der Waals surface area (Å²) in [4.78, 5) is 4.34. The molecule has 0 saturated heterocycles. The van der Waals surface area contributed by atoms with Gasteiger partial charge in [0.1, 0.15) is 0 Å². The van der Waals surface area contributed by atoms with Crippen LogP contribution in [0.3, 0.4) is 0 Å². The van der Waals surface area contributed by atoms with Gasteiger partial charge in [-0.2, -0.15) is 0 Å². The van der Waals surface area contributed by atoms with E-state index in [2.05, 4.69) is 17.1 Å². The molecule has 1 aromatic heterocycles. The number of pyridine rings is 1. The van der Waals surface area contributed by atoms with Crippen LogP contribution in [0.2, 0.25) is 0 Å². The van der Waals surface area contributed by atoms with Gasteiger partial charge in [0.15, 0.2) is 0 Å². The average molecular weight is 192 g/mol. The van der Waals surface area contributed by atoms with E-state index in [1.165, 1.54) is 10.9 Å². The molecule has 0 fully saturated rings. The Labute approximate surface area is 82.4 Å². The Morgan fingerprint density at radius 3 is 2.92 bits per heavy atom. The highest BCUT2D eigenvalue weighted by Gasteiger charge is 1.95. The highest BCUT2D eigenvalue weighted by Crippen LogP contribution is 2.12. The van der Waals surface area contributed by atoms with E-state index in [0.717, 1.165) is 11.9 Å². The predicted molar refractivity (Wildman–Crippen MR) is 56.2 cm³/mol. The third-order valence-corrected chi connectivity index (χ3v) is 2.22. The lowest BCUT2D eigenvalue weighted by Crippen LogP contribution is -1.88. The van der Waals surface area contributed by atoms with Gasteiger partial charge in [-0.3, -0.25) is 4.98 Å². The second kappa shape index (κ2) is 3.75. The Hall–Kier alpha value is -1.08. The Balaban J connectivity index is 2.49. The number of benzene rings is 1. The fourth-order valence-electron chi connectivity index (χ4n) is 1.36. The van der Waals surface area contributed by atoms with Gasteiger partial charge in [-0.1, -0.05) is 18.2 Å². The maximum atomic E-state index is 5.66. The van der Waals surface area contributed by atoms with Gasteiger partial charge in [0.05, 0.1) is 5.52 Å². The molecular weight excluding hydrogens is 182 g/mol. The molecule has 0 amide bonds. The molecule has 2 aromatic rings.